The molecule has 1 N–H and O–H groups in total. The van der Waals surface area contributed by atoms with Crippen LogP contribution < -0.4 is 4.90 Å². The van der Waals surface area contributed by atoms with E-state index in [2.05, 4.69) is 15.5 Å². The largest absolute Gasteiger partial charge is 0.480 e. The fourth-order valence-corrected chi connectivity index (χ4v) is 3.66. The molecule has 3 aromatic rings. The molecule has 4 rings (SSSR count). The molecule has 1 aliphatic heterocycles. The number of piperazine rings is 1. The average molecular weight is 459 g/mol. The number of amides is 2. The third kappa shape index (κ3) is 4.28. The van der Waals surface area contributed by atoms with E-state index < -0.39 is 36.2 Å². The van der Waals surface area contributed by atoms with Gasteiger partial charge in [-0.15, -0.1) is 5.10 Å². The van der Waals surface area contributed by atoms with Gasteiger partial charge in [-0.1, -0.05) is 23.7 Å². The Balaban J connectivity index is 1.60. The van der Waals surface area contributed by atoms with Crippen molar-refractivity contribution in [3.63, 3.8) is 0 Å². The fourth-order valence-electron chi connectivity index (χ4n) is 3.49. The third-order valence-corrected chi connectivity index (χ3v) is 5.28. The van der Waals surface area contributed by atoms with Gasteiger partial charge in [-0.2, -0.15) is 4.68 Å². The van der Waals surface area contributed by atoms with Gasteiger partial charge in [-0.3, -0.25) is 14.5 Å². The summed E-state index contributed by atoms with van der Waals surface area (Å²) < 4.78 is 14.5. The summed E-state index contributed by atoms with van der Waals surface area (Å²) in [4.78, 5) is 40.1. The number of hydrogen-bond donors (Lipinski definition) is 1. The first-order valence-corrected chi connectivity index (χ1v) is 9.81. The van der Waals surface area contributed by atoms with Crippen LogP contribution in [0.2, 0.25) is 5.02 Å². The van der Waals surface area contributed by atoms with Crippen LogP contribution >= 0.6 is 11.6 Å². The Labute approximate surface area is 185 Å². The summed E-state index contributed by atoms with van der Waals surface area (Å²) in [5.74, 6) is -2.77. The smallest absolute Gasteiger partial charge is 0.326 e. The van der Waals surface area contributed by atoms with Gasteiger partial charge < -0.3 is 10.0 Å². The topological polar surface area (TPSA) is 122 Å². The van der Waals surface area contributed by atoms with Crippen LogP contribution in [-0.2, 0) is 20.8 Å². The summed E-state index contributed by atoms with van der Waals surface area (Å²) in [5.41, 5.74) is 1.26. The zero-order valence-electron chi connectivity index (χ0n) is 16.4. The molecule has 1 fully saturated rings. The number of carbonyl (C=O) groups is 3. The number of aliphatic carboxylic acids is 1. The first kappa shape index (κ1) is 21.4. The maximum atomic E-state index is 13.2. The van der Waals surface area contributed by atoms with Gasteiger partial charge in [-0.25, -0.2) is 9.18 Å². The second-order valence-corrected chi connectivity index (χ2v) is 7.51. The predicted molar refractivity (Wildman–Crippen MR) is 110 cm³/mol. The SMILES string of the molecule is O=C(O)C(Cc1ccc(F)cc1)N1CC(=O)N(c2cc(Cl)ccc2-n2cnnn2)CC1=O. The summed E-state index contributed by atoms with van der Waals surface area (Å²) in [6.45, 7) is -0.833. The highest BCUT2D eigenvalue weighted by Gasteiger charge is 2.38. The Hall–Kier alpha value is -3.86. The van der Waals surface area contributed by atoms with E-state index in [0.717, 1.165) is 4.90 Å². The van der Waals surface area contributed by atoms with E-state index in [1.165, 1.54) is 46.2 Å². The van der Waals surface area contributed by atoms with E-state index >= 15 is 0 Å². The lowest BCUT2D eigenvalue weighted by Crippen LogP contribution is -2.59. The van der Waals surface area contributed by atoms with Crippen molar-refractivity contribution in [2.24, 2.45) is 0 Å². The van der Waals surface area contributed by atoms with E-state index in [1.807, 2.05) is 0 Å². The molecule has 0 bridgehead atoms. The number of nitrogens with zero attached hydrogens (tertiary/aromatic N) is 6. The zero-order chi connectivity index (χ0) is 22.8. The van der Waals surface area contributed by atoms with Crippen LogP contribution in [0.4, 0.5) is 10.1 Å². The zero-order valence-corrected chi connectivity index (χ0v) is 17.2. The first-order chi connectivity index (χ1) is 15.3. The minimum atomic E-state index is -1.28. The Kier molecular flexibility index (Phi) is 5.82. The molecule has 1 atom stereocenters. The van der Waals surface area contributed by atoms with Crippen molar-refractivity contribution >= 4 is 35.1 Å². The first-order valence-electron chi connectivity index (χ1n) is 9.43. The van der Waals surface area contributed by atoms with E-state index in [0.29, 0.717) is 22.0 Å². The van der Waals surface area contributed by atoms with Crippen molar-refractivity contribution in [1.29, 1.82) is 0 Å². The number of rotatable bonds is 6. The summed E-state index contributed by atoms with van der Waals surface area (Å²) in [5, 5.41) is 21.0. The highest BCUT2D eigenvalue weighted by molar-refractivity contribution is 6.31. The predicted octanol–water partition coefficient (Wildman–Crippen LogP) is 1.33. The molecule has 1 saturated heterocycles. The van der Waals surface area contributed by atoms with Gasteiger partial charge in [0.05, 0.1) is 11.4 Å². The van der Waals surface area contributed by atoms with Crippen LogP contribution in [-0.4, -0.2) is 67.1 Å². The van der Waals surface area contributed by atoms with Gasteiger partial charge in [0.1, 0.15) is 31.3 Å². The van der Waals surface area contributed by atoms with Crippen molar-refractivity contribution in [2.75, 3.05) is 18.0 Å². The van der Waals surface area contributed by atoms with Crippen molar-refractivity contribution in [2.45, 2.75) is 12.5 Å². The van der Waals surface area contributed by atoms with Gasteiger partial charge in [0.25, 0.3) is 0 Å². The molecule has 0 aliphatic carbocycles. The Morgan fingerprint density at radius 2 is 1.84 bits per heavy atom. The number of carboxylic acid groups (broad SMARTS) is 1. The number of halogens is 2. The Morgan fingerprint density at radius 3 is 2.50 bits per heavy atom. The molecule has 12 heteroatoms. The van der Waals surface area contributed by atoms with Gasteiger partial charge in [0, 0.05) is 11.4 Å². The summed E-state index contributed by atoms with van der Waals surface area (Å²) in [6, 6.07) is 8.72. The summed E-state index contributed by atoms with van der Waals surface area (Å²) in [7, 11) is 0. The number of carbonyl (C=O) groups excluding carboxylic acids is 2. The number of aromatic nitrogens is 4. The van der Waals surface area contributed by atoms with Crippen molar-refractivity contribution in [1.82, 2.24) is 25.1 Å². The molecule has 164 valence electrons. The molecular formula is C20H16ClFN6O4. The van der Waals surface area contributed by atoms with Gasteiger partial charge in [0.2, 0.25) is 11.8 Å². The average Bonchev–Trinajstić information content (AvgIpc) is 3.29. The summed E-state index contributed by atoms with van der Waals surface area (Å²) >= 11 is 6.10. The molecular weight excluding hydrogens is 443 g/mol. The van der Waals surface area contributed by atoms with Crippen molar-refractivity contribution in [3.8, 4) is 5.69 Å². The lowest BCUT2D eigenvalue weighted by Gasteiger charge is -2.37. The number of anilines is 1. The highest BCUT2D eigenvalue weighted by atomic mass is 35.5. The molecule has 10 nitrogen and oxygen atoms in total. The van der Waals surface area contributed by atoms with Crippen LogP contribution in [0, 0.1) is 5.82 Å². The minimum Gasteiger partial charge on any atom is -0.480 e. The van der Waals surface area contributed by atoms with E-state index in [4.69, 9.17) is 11.6 Å². The van der Waals surface area contributed by atoms with Gasteiger partial charge >= 0.3 is 5.97 Å². The van der Waals surface area contributed by atoms with Crippen molar-refractivity contribution in [3.05, 3.63) is 65.2 Å². The number of carboxylic acids is 1. The highest BCUT2D eigenvalue weighted by Crippen LogP contribution is 2.29. The molecule has 1 aliphatic rings. The minimum absolute atomic E-state index is 0.0678. The van der Waals surface area contributed by atoms with Crippen LogP contribution in [0.15, 0.2) is 48.8 Å². The molecule has 0 saturated carbocycles. The quantitative estimate of drug-likeness (QED) is 0.591. The second kappa shape index (κ2) is 8.71. The lowest BCUT2D eigenvalue weighted by atomic mass is 10.0. The normalized spacial score (nSPS) is 15.2. The Morgan fingerprint density at radius 1 is 1.09 bits per heavy atom. The van der Waals surface area contributed by atoms with Crippen LogP contribution in [0.1, 0.15) is 5.56 Å². The van der Waals surface area contributed by atoms with E-state index in [1.54, 1.807) is 12.1 Å². The van der Waals surface area contributed by atoms with E-state index in [-0.39, 0.29) is 13.0 Å². The lowest BCUT2D eigenvalue weighted by molar-refractivity contribution is -0.152. The standard InChI is InChI=1S/C20H16ClFN6O4/c21-13-3-6-15(28-11-23-24-25-28)16(8-13)26-9-19(30)27(10-18(26)29)17(20(31)32)7-12-1-4-14(22)5-2-12/h1-6,8,11,17H,7,9-10H2,(H,31,32). The van der Waals surface area contributed by atoms with Gasteiger partial charge in [-0.05, 0) is 46.3 Å². The monoisotopic (exact) mass is 458 g/mol. The molecule has 0 radical (unpaired) electrons. The Bertz CT molecular complexity index is 1170. The second-order valence-electron chi connectivity index (χ2n) is 7.07. The number of tetrazole rings is 1. The van der Waals surface area contributed by atoms with Crippen LogP contribution in [0.5, 0.6) is 0 Å². The third-order valence-electron chi connectivity index (χ3n) is 5.05. The molecule has 1 unspecified atom stereocenters. The molecule has 0 spiro atoms. The molecule has 2 amide bonds. The maximum Gasteiger partial charge on any atom is 0.326 e. The van der Waals surface area contributed by atoms with Crippen LogP contribution in [0.3, 0.4) is 0 Å². The van der Waals surface area contributed by atoms with E-state index in [9.17, 15) is 23.9 Å². The van der Waals surface area contributed by atoms with Crippen LogP contribution in [0.25, 0.3) is 5.69 Å². The number of hydrogen-bond acceptors (Lipinski definition) is 6. The van der Waals surface area contributed by atoms with Gasteiger partial charge in [0.15, 0.2) is 0 Å². The molecule has 32 heavy (non-hydrogen) atoms. The van der Waals surface area contributed by atoms with Crippen molar-refractivity contribution < 1.29 is 23.9 Å². The maximum absolute atomic E-state index is 13.2. The molecule has 2 heterocycles. The fraction of sp³-hybridized carbons (Fsp3) is 0.200. The number of benzene rings is 2. The summed E-state index contributed by atoms with van der Waals surface area (Å²) in [6.07, 6.45) is 1.26. The molecule has 2 aromatic carbocycles. The molecule has 1 aromatic heterocycles.